The lowest BCUT2D eigenvalue weighted by Gasteiger charge is -2.12. The first kappa shape index (κ1) is 13.4. The number of pyridine rings is 1. The second-order valence-corrected chi connectivity index (χ2v) is 4.82. The van der Waals surface area contributed by atoms with E-state index in [1.54, 1.807) is 18.3 Å². The Morgan fingerprint density at radius 2 is 2.24 bits per heavy atom. The third kappa shape index (κ3) is 2.81. The van der Waals surface area contributed by atoms with Gasteiger partial charge in [0.15, 0.2) is 0 Å². The van der Waals surface area contributed by atoms with Gasteiger partial charge in [0, 0.05) is 12.6 Å². The fourth-order valence-corrected chi connectivity index (χ4v) is 2.40. The molecule has 5 heteroatoms. The third-order valence-corrected chi connectivity index (χ3v) is 3.41. The van der Waals surface area contributed by atoms with E-state index in [9.17, 15) is 4.79 Å². The largest absolute Gasteiger partial charge is 0.488 e. The van der Waals surface area contributed by atoms with Crippen LogP contribution < -0.4 is 14.8 Å². The third-order valence-electron chi connectivity index (χ3n) is 3.41. The van der Waals surface area contributed by atoms with Gasteiger partial charge in [0.2, 0.25) is 5.88 Å². The zero-order valence-corrected chi connectivity index (χ0v) is 11.7. The van der Waals surface area contributed by atoms with Gasteiger partial charge in [0.25, 0.3) is 5.91 Å². The summed E-state index contributed by atoms with van der Waals surface area (Å²) in [7, 11) is 1.50. The summed E-state index contributed by atoms with van der Waals surface area (Å²) in [6.07, 6.45) is 2.36. The number of hydrogen-bond donors (Lipinski definition) is 1. The quantitative estimate of drug-likeness (QED) is 0.930. The van der Waals surface area contributed by atoms with E-state index in [4.69, 9.17) is 9.47 Å². The monoisotopic (exact) mass is 284 g/mol. The molecule has 0 saturated heterocycles. The van der Waals surface area contributed by atoms with Gasteiger partial charge < -0.3 is 14.8 Å². The molecule has 1 aromatic carbocycles. The summed E-state index contributed by atoms with van der Waals surface area (Å²) in [4.78, 5) is 16.2. The number of hydrogen-bond acceptors (Lipinski definition) is 4. The summed E-state index contributed by atoms with van der Waals surface area (Å²) in [5.74, 6) is 1.01. The van der Waals surface area contributed by atoms with Gasteiger partial charge >= 0.3 is 0 Å². The number of fused-ring (bicyclic) bond motifs is 1. The predicted molar refractivity (Wildman–Crippen MR) is 77.7 cm³/mol. The molecular weight excluding hydrogens is 268 g/mol. The van der Waals surface area contributed by atoms with Crippen LogP contribution in [-0.2, 0) is 6.42 Å². The molecule has 1 aliphatic rings. The van der Waals surface area contributed by atoms with E-state index in [0.717, 1.165) is 12.2 Å². The zero-order chi connectivity index (χ0) is 14.7. The minimum atomic E-state index is -0.209. The smallest absolute Gasteiger partial charge is 0.256 e. The van der Waals surface area contributed by atoms with Gasteiger partial charge in [-0.3, -0.25) is 4.79 Å². The predicted octanol–water partition coefficient (Wildman–Crippen LogP) is 1.82. The molecule has 1 amide bonds. The molecule has 0 radical (unpaired) electrons. The van der Waals surface area contributed by atoms with Crippen molar-refractivity contribution in [2.45, 2.75) is 12.5 Å². The Morgan fingerprint density at radius 3 is 3.05 bits per heavy atom. The summed E-state index contributed by atoms with van der Waals surface area (Å²) >= 11 is 0. The SMILES string of the molecule is COc1ncccc1C(=O)NCC1Cc2ccccc2O1. The Morgan fingerprint density at radius 1 is 1.38 bits per heavy atom. The average Bonchev–Trinajstić information content (AvgIpc) is 2.95. The van der Waals surface area contributed by atoms with Gasteiger partial charge in [0.05, 0.1) is 13.7 Å². The van der Waals surface area contributed by atoms with Crippen molar-refractivity contribution in [2.24, 2.45) is 0 Å². The van der Waals surface area contributed by atoms with Crippen molar-refractivity contribution in [2.75, 3.05) is 13.7 Å². The summed E-state index contributed by atoms with van der Waals surface area (Å²) in [5, 5.41) is 2.87. The Bertz CT molecular complexity index is 632. The molecule has 2 heterocycles. The van der Waals surface area contributed by atoms with Crippen molar-refractivity contribution in [1.29, 1.82) is 0 Å². The first-order chi connectivity index (χ1) is 10.3. The molecule has 0 aliphatic carbocycles. The fourth-order valence-electron chi connectivity index (χ4n) is 2.40. The van der Waals surface area contributed by atoms with Crippen LogP contribution in [0, 0.1) is 0 Å². The Balaban J connectivity index is 1.60. The summed E-state index contributed by atoms with van der Waals surface area (Å²) in [6.45, 7) is 0.450. The highest BCUT2D eigenvalue weighted by Gasteiger charge is 2.23. The van der Waals surface area contributed by atoms with Crippen molar-refractivity contribution in [3.05, 3.63) is 53.7 Å². The van der Waals surface area contributed by atoms with E-state index in [1.807, 2.05) is 24.3 Å². The number of nitrogens with zero attached hydrogens (tertiary/aromatic N) is 1. The number of amides is 1. The summed E-state index contributed by atoms with van der Waals surface area (Å²) < 4.78 is 10.9. The van der Waals surface area contributed by atoms with E-state index in [0.29, 0.717) is 18.0 Å². The molecular formula is C16H16N2O3. The van der Waals surface area contributed by atoms with E-state index in [1.165, 1.54) is 12.7 Å². The lowest BCUT2D eigenvalue weighted by atomic mass is 10.1. The molecule has 5 nitrogen and oxygen atoms in total. The standard InChI is InChI=1S/C16H16N2O3/c1-20-16-13(6-4-8-17-16)15(19)18-10-12-9-11-5-2-3-7-14(11)21-12/h2-8,12H,9-10H2,1H3,(H,18,19). The van der Waals surface area contributed by atoms with Crippen LogP contribution >= 0.6 is 0 Å². The molecule has 1 N–H and O–H groups in total. The normalized spacial score (nSPS) is 16.0. The molecule has 0 bridgehead atoms. The van der Waals surface area contributed by atoms with Crippen LogP contribution in [0.15, 0.2) is 42.6 Å². The minimum Gasteiger partial charge on any atom is -0.488 e. The molecule has 1 unspecified atom stereocenters. The van der Waals surface area contributed by atoms with Gasteiger partial charge in [-0.15, -0.1) is 0 Å². The van der Waals surface area contributed by atoms with Gasteiger partial charge in [-0.25, -0.2) is 4.98 Å². The maximum atomic E-state index is 12.2. The molecule has 1 aliphatic heterocycles. The molecule has 1 atom stereocenters. The number of ether oxygens (including phenoxy) is 2. The number of para-hydroxylation sites is 1. The van der Waals surface area contributed by atoms with Crippen LogP contribution in [0.5, 0.6) is 11.6 Å². The lowest BCUT2D eigenvalue weighted by molar-refractivity contribution is 0.0929. The molecule has 108 valence electrons. The highest BCUT2D eigenvalue weighted by molar-refractivity contribution is 5.96. The molecule has 21 heavy (non-hydrogen) atoms. The van der Waals surface area contributed by atoms with E-state index in [-0.39, 0.29) is 12.0 Å². The van der Waals surface area contributed by atoms with E-state index >= 15 is 0 Å². The van der Waals surface area contributed by atoms with Crippen LogP contribution in [0.4, 0.5) is 0 Å². The molecule has 0 fully saturated rings. The first-order valence-electron chi connectivity index (χ1n) is 6.79. The first-order valence-corrected chi connectivity index (χ1v) is 6.79. The Hall–Kier alpha value is -2.56. The number of nitrogens with one attached hydrogen (secondary N) is 1. The molecule has 3 rings (SSSR count). The topological polar surface area (TPSA) is 60.5 Å². The highest BCUT2D eigenvalue weighted by atomic mass is 16.5. The maximum absolute atomic E-state index is 12.2. The number of carbonyl (C=O) groups excluding carboxylic acids is 1. The van der Waals surface area contributed by atoms with Crippen LogP contribution in [0.3, 0.4) is 0 Å². The van der Waals surface area contributed by atoms with Crippen LogP contribution in [-0.4, -0.2) is 30.6 Å². The number of carbonyl (C=O) groups is 1. The second-order valence-electron chi connectivity index (χ2n) is 4.82. The van der Waals surface area contributed by atoms with Crippen LogP contribution in [0.1, 0.15) is 15.9 Å². The molecule has 2 aromatic rings. The van der Waals surface area contributed by atoms with Gasteiger partial charge in [-0.05, 0) is 23.8 Å². The van der Waals surface area contributed by atoms with Crippen molar-refractivity contribution < 1.29 is 14.3 Å². The van der Waals surface area contributed by atoms with E-state index < -0.39 is 0 Å². The summed E-state index contributed by atoms with van der Waals surface area (Å²) in [5.41, 5.74) is 1.60. The fraction of sp³-hybridized carbons (Fsp3) is 0.250. The number of benzene rings is 1. The number of methoxy groups -OCH3 is 1. The van der Waals surface area contributed by atoms with Crippen molar-refractivity contribution >= 4 is 5.91 Å². The minimum absolute atomic E-state index is 0.0333. The molecule has 0 saturated carbocycles. The molecule has 0 spiro atoms. The maximum Gasteiger partial charge on any atom is 0.256 e. The number of rotatable bonds is 4. The molecule has 1 aromatic heterocycles. The Kier molecular flexibility index (Phi) is 3.73. The van der Waals surface area contributed by atoms with Crippen molar-refractivity contribution in [3.63, 3.8) is 0 Å². The van der Waals surface area contributed by atoms with Gasteiger partial charge in [-0.2, -0.15) is 0 Å². The van der Waals surface area contributed by atoms with Crippen LogP contribution in [0.2, 0.25) is 0 Å². The Labute approximate surface area is 122 Å². The van der Waals surface area contributed by atoms with Gasteiger partial charge in [-0.1, -0.05) is 18.2 Å². The van der Waals surface area contributed by atoms with Gasteiger partial charge in [0.1, 0.15) is 17.4 Å². The van der Waals surface area contributed by atoms with Crippen molar-refractivity contribution in [3.8, 4) is 11.6 Å². The summed E-state index contributed by atoms with van der Waals surface area (Å²) in [6, 6.07) is 11.3. The lowest BCUT2D eigenvalue weighted by Crippen LogP contribution is -2.34. The van der Waals surface area contributed by atoms with Crippen LogP contribution in [0.25, 0.3) is 0 Å². The average molecular weight is 284 g/mol. The van der Waals surface area contributed by atoms with E-state index in [2.05, 4.69) is 10.3 Å². The second kappa shape index (κ2) is 5.83. The zero-order valence-electron chi connectivity index (χ0n) is 11.7. The number of aromatic nitrogens is 1. The van der Waals surface area contributed by atoms with Crippen molar-refractivity contribution in [1.82, 2.24) is 10.3 Å². The highest BCUT2D eigenvalue weighted by Crippen LogP contribution is 2.27.